The van der Waals surface area contributed by atoms with Crippen molar-refractivity contribution in [1.29, 1.82) is 0 Å². The van der Waals surface area contributed by atoms with Crippen molar-refractivity contribution in [3.63, 3.8) is 0 Å². The minimum atomic E-state index is -0.737. The predicted octanol–water partition coefficient (Wildman–Crippen LogP) is 3.88. The van der Waals surface area contributed by atoms with Gasteiger partial charge in [-0.05, 0) is 50.6 Å². The molecule has 2 aromatic carbocycles. The van der Waals surface area contributed by atoms with E-state index < -0.39 is 10.8 Å². The van der Waals surface area contributed by atoms with E-state index in [1.54, 1.807) is 18.2 Å². The van der Waals surface area contributed by atoms with Crippen LogP contribution in [0.15, 0.2) is 36.4 Å². The van der Waals surface area contributed by atoms with E-state index in [0.29, 0.717) is 16.8 Å². The molecule has 0 spiro atoms. The molecule has 4 N–H and O–H groups in total. The highest BCUT2D eigenvalue weighted by molar-refractivity contribution is 6.34. The molecule has 2 aromatic rings. The zero-order valence-corrected chi connectivity index (χ0v) is 17.2. The summed E-state index contributed by atoms with van der Waals surface area (Å²) >= 11 is 6.25. The van der Waals surface area contributed by atoms with Gasteiger partial charge in [-0.15, -0.1) is 0 Å². The molecular formula is C20H23ClN4O4. The Kier molecular flexibility index (Phi) is 6.81. The molecule has 0 aliphatic rings. The molecule has 0 aliphatic carbocycles. The number of nitro benzene ring substituents is 1. The van der Waals surface area contributed by atoms with Crippen molar-refractivity contribution < 1.29 is 14.5 Å². The number of rotatable bonds is 8. The quantitative estimate of drug-likeness (QED) is 0.442. The molecule has 0 unspecified atom stereocenters. The first kappa shape index (κ1) is 22.2. The number of hydrogen-bond donors (Lipinski definition) is 3. The summed E-state index contributed by atoms with van der Waals surface area (Å²) in [4.78, 5) is 34.4. The van der Waals surface area contributed by atoms with Crippen LogP contribution in [0, 0.1) is 10.1 Å². The summed E-state index contributed by atoms with van der Waals surface area (Å²) in [6.45, 7) is 5.94. The van der Waals surface area contributed by atoms with Gasteiger partial charge in [-0.3, -0.25) is 19.7 Å². The molecule has 8 nitrogen and oxygen atoms in total. The summed E-state index contributed by atoms with van der Waals surface area (Å²) in [5, 5.41) is 17.5. The fourth-order valence-electron chi connectivity index (χ4n) is 2.51. The second kappa shape index (κ2) is 8.91. The van der Waals surface area contributed by atoms with E-state index >= 15 is 0 Å². The average molecular weight is 419 g/mol. The van der Waals surface area contributed by atoms with Gasteiger partial charge in [-0.1, -0.05) is 18.5 Å². The molecular weight excluding hydrogens is 396 g/mol. The van der Waals surface area contributed by atoms with E-state index in [1.807, 2.05) is 20.8 Å². The average Bonchev–Trinajstić information content (AvgIpc) is 2.65. The fourth-order valence-corrected chi connectivity index (χ4v) is 2.77. The van der Waals surface area contributed by atoms with Crippen LogP contribution in [-0.4, -0.2) is 22.3 Å². The number of nitrogens with zero attached hydrogens (tertiary/aromatic N) is 1. The SMILES string of the molecule is CCC(C)(C)NC(=O)c1ccc(NCc2ccc(C(N)=O)cc2[N+](=O)[O-])cc1Cl. The van der Waals surface area contributed by atoms with E-state index in [0.717, 1.165) is 12.5 Å². The van der Waals surface area contributed by atoms with Gasteiger partial charge >= 0.3 is 0 Å². The smallest absolute Gasteiger partial charge is 0.275 e. The lowest BCUT2D eigenvalue weighted by molar-refractivity contribution is -0.385. The third-order valence-corrected chi connectivity index (χ3v) is 4.91. The highest BCUT2D eigenvalue weighted by atomic mass is 35.5. The van der Waals surface area contributed by atoms with Gasteiger partial charge in [0.15, 0.2) is 0 Å². The highest BCUT2D eigenvalue weighted by Crippen LogP contribution is 2.25. The van der Waals surface area contributed by atoms with Crippen molar-refractivity contribution in [1.82, 2.24) is 5.32 Å². The molecule has 0 heterocycles. The third kappa shape index (κ3) is 5.68. The molecule has 0 saturated heterocycles. The number of carbonyl (C=O) groups excluding carboxylic acids is 2. The Morgan fingerprint density at radius 1 is 1.21 bits per heavy atom. The number of nitrogens with two attached hydrogens (primary N) is 1. The maximum absolute atomic E-state index is 12.4. The minimum Gasteiger partial charge on any atom is -0.381 e. The summed E-state index contributed by atoms with van der Waals surface area (Å²) < 4.78 is 0. The lowest BCUT2D eigenvalue weighted by Gasteiger charge is -2.24. The molecule has 2 amide bonds. The van der Waals surface area contributed by atoms with Crippen LogP contribution in [0.3, 0.4) is 0 Å². The Hall–Kier alpha value is -3.13. The Bertz CT molecular complexity index is 959. The zero-order valence-electron chi connectivity index (χ0n) is 16.4. The highest BCUT2D eigenvalue weighted by Gasteiger charge is 2.21. The largest absolute Gasteiger partial charge is 0.381 e. The summed E-state index contributed by atoms with van der Waals surface area (Å²) in [5.41, 5.74) is 5.99. The van der Waals surface area contributed by atoms with Crippen LogP contribution < -0.4 is 16.4 Å². The predicted molar refractivity (Wildman–Crippen MR) is 112 cm³/mol. The van der Waals surface area contributed by atoms with Crippen LogP contribution in [0.2, 0.25) is 5.02 Å². The Balaban J connectivity index is 2.16. The number of carbonyl (C=O) groups is 2. The van der Waals surface area contributed by atoms with Crippen LogP contribution in [-0.2, 0) is 6.54 Å². The van der Waals surface area contributed by atoms with Crippen LogP contribution in [0.25, 0.3) is 0 Å². The van der Waals surface area contributed by atoms with Gasteiger partial charge in [-0.25, -0.2) is 0 Å². The molecule has 154 valence electrons. The van der Waals surface area contributed by atoms with Gasteiger partial charge in [0, 0.05) is 35.0 Å². The first-order chi connectivity index (χ1) is 13.5. The lowest BCUT2D eigenvalue weighted by atomic mass is 10.0. The van der Waals surface area contributed by atoms with E-state index in [1.165, 1.54) is 12.1 Å². The van der Waals surface area contributed by atoms with Gasteiger partial charge in [0.2, 0.25) is 5.91 Å². The van der Waals surface area contributed by atoms with Gasteiger partial charge in [-0.2, -0.15) is 0 Å². The van der Waals surface area contributed by atoms with E-state index in [9.17, 15) is 19.7 Å². The van der Waals surface area contributed by atoms with Crippen LogP contribution in [0.1, 0.15) is 53.5 Å². The van der Waals surface area contributed by atoms with E-state index in [4.69, 9.17) is 17.3 Å². The number of amides is 2. The van der Waals surface area contributed by atoms with Gasteiger partial charge in [0.25, 0.3) is 11.6 Å². The van der Waals surface area contributed by atoms with Crippen molar-refractivity contribution in [2.45, 2.75) is 39.3 Å². The maximum Gasteiger partial charge on any atom is 0.275 e. The Morgan fingerprint density at radius 2 is 1.90 bits per heavy atom. The number of nitrogens with one attached hydrogen (secondary N) is 2. The number of anilines is 1. The molecule has 0 fully saturated rings. The second-order valence-electron chi connectivity index (χ2n) is 7.20. The Morgan fingerprint density at radius 3 is 2.45 bits per heavy atom. The standard InChI is InChI=1S/C20H23ClN4O4/c1-4-20(2,3)24-19(27)15-8-7-14(10-16(15)21)23-11-13-6-5-12(18(22)26)9-17(13)25(28)29/h5-10,23H,4,11H2,1-3H3,(H2,22,26)(H,24,27). The van der Waals surface area contributed by atoms with E-state index in [-0.39, 0.29) is 34.3 Å². The zero-order chi connectivity index (χ0) is 21.8. The molecule has 0 bridgehead atoms. The molecule has 0 radical (unpaired) electrons. The fraction of sp³-hybridized carbons (Fsp3) is 0.300. The number of benzene rings is 2. The Labute approximate surface area is 173 Å². The second-order valence-corrected chi connectivity index (χ2v) is 7.61. The molecule has 29 heavy (non-hydrogen) atoms. The third-order valence-electron chi connectivity index (χ3n) is 4.60. The first-order valence-electron chi connectivity index (χ1n) is 8.97. The number of halogens is 1. The minimum absolute atomic E-state index is 0.0638. The number of primary amides is 1. The molecule has 2 rings (SSSR count). The molecule has 0 atom stereocenters. The monoisotopic (exact) mass is 418 g/mol. The van der Waals surface area contributed by atoms with Crippen molar-refractivity contribution in [2.75, 3.05) is 5.32 Å². The van der Waals surface area contributed by atoms with Crippen molar-refractivity contribution >= 4 is 34.8 Å². The topological polar surface area (TPSA) is 127 Å². The van der Waals surface area contributed by atoms with Crippen LogP contribution >= 0.6 is 11.6 Å². The summed E-state index contributed by atoms with van der Waals surface area (Å²) in [5.74, 6) is -1.01. The molecule has 0 aliphatic heterocycles. The number of nitro groups is 1. The number of hydrogen-bond acceptors (Lipinski definition) is 5. The van der Waals surface area contributed by atoms with Gasteiger partial charge in [0.1, 0.15) is 0 Å². The lowest BCUT2D eigenvalue weighted by Crippen LogP contribution is -2.42. The van der Waals surface area contributed by atoms with Crippen molar-refractivity contribution in [2.24, 2.45) is 5.73 Å². The van der Waals surface area contributed by atoms with E-state index in [2.05, 4.69) is 10.6 Å². The maximum atomic E-state index is 12.4. The summed E-state index contributed by atoms with van der Waals surface area (Å²) in [6, 6.07) is 8.90. The van der Waals surface area contributed by atoms with Gasteiger partial charge < -0.3 is 16.4 Å². The van der Waals surface area contributed by atoms with Crippen molar-refractivity contribution in [3.05, 3.63) is 68.2 Å². The van der Waals surface area contributed by atoms with Crippen LogP contribution in [0.4, 0.5) is 11.4 Å². The van der Waals surface area contributed by atoms with Crippen molar-refractivity contribution in [3.8, 4) is 0 Å². The summed E-state index contributed by atoms with van der Waals surface area (Å²) in [6.07, 6.45) is 0.767. The first-order valence-corrected chi connectivity index (χ1v) is 9.35. The molecule has 0 saturated carbocycles. The summed E-state index contributed by atoms with van der Waals surface area (Å²) in [7, 11) is 0. The molecule has 9 heteroatoms. The normalized spacial score (nSPS) is 11.0. The van der Waals surface area contributed by atoms with Gasteiger partial charge in [0.05, 0.1) is 15.5 Å². The van der Waals surface area contributed by atoms with Crippen LogP contribution in [0.5, 0.6) is 0 Å². The molecule has 0 aromatic heterocycles.